The molecule has 0 amide bonds. The Morgan fingerprint density at radius 1 is 0.574 bits per heavy atom. The Bertz CT molecular complexity index is 2350. The van der Waals surface area contributed by atoms with Gasteiger partial charge in [-0.2, -0.15) is 0 Å². The van der Waals surface area contributed by atoms with Crippen LogP contribution in [0.1, 0.15) is 37.8 Å². The highest BCUT2D eigenvalue weighted by atomic mass is 15.1. The first-order valence-corrected chi connectivity index (χ1v) is 16.7. The fourth-order valence-corrected chi connectivity index (χ4v) is 7.83. The standard InChI is InChI=1S/C45H36N2/c1-45(2)40-20-12-13-21-43(40)47-42-27-24-33(28-38(42)39-29-34(30-41(45)44(39)47)31-14-6-3-7-15-31)32-22-25-37(26-23-32)46(35-16-8-4-9-17-35)36-18-10-5-11-19-36/h3-10,12-18,20-30H,11,19H2,1-2H3. The van der Waals surface area contributed by atoms with E-state index < -0.39 is 0 Å². The van der Waals surface area contributed by atoms with Crippen molar-refractivity contribution in [3.63, 3.8) is 0 Å². The first kappa shape index (κ1) is 27.7. The fourth-order valence-electron chi connectivity index (χ4n) is 7.83. The number of benzene rings is 6. The second-order valence-electron chi connectivity index (χ2n) is 13.3. The van der Waals surface area contributed by atoms with E-state index in [0.717, 1.165) is 12.8 Å². The van der Waals surface area contributed by atoms with Crippen LogP contribution in [0.4, 0.5) is 11.4 Å². The van der Waals surface area contributed by atoms with E-state index in [0.29, 0.717) is 0 Å². The van der Waals surface area contributed by atoms with E-state index in [-0.39, 0.29) is 5.41 Å². The molecule has 0 spiro atoms. The van der Waals surface area contributed by atoms with Gasteiger partial charge in [0.1, 0.15) is 0 Å². The number of para-hydroxylation sites is 2. The average Bonchev–Trinajstić information content (AvgIpc) is 3.46. The molecule has 0 radical (unpaired) electrons. The van der Waals surface area contributed by atoms with E-state index in [1.165, 1.54) is 77.9 Å². The minimum atomic E-state index is -0.128. The van der Waals surface area contributed by atoms with Crippen LogP contribution in [-0.2, 0) is 5.41 Å². The lowest BCUT2D eigenvalue weighted by atomic mass is 9.74. The number of nitrogens with zero attached hydrogens (tertiary/aromatic N) is 2. The van der Waals surface area contributed by atoms with Crippen molar-refractivity contribution in [3.8, 4) is 27.9 Å². The van der Waals surface area contributed by atoms with Gasteiger partial charge in [0, 0.05) is 33.3 Å². The smallest absolute Gasteiger partial charge is 0.0582 e. The first-order chi connectivity index (χ1) is 23.1. The molecule has 1 aromatic heterocycles. The summed E-state index contributed by atoms with van der Waals surface area (Å²) in [6.45, 7) is 4.75. The molecule has 226 valence electrons. The predicted molar refractivity (Wildman–Crippen MR) is 199 cm³/mol. The molecule has 7 aromatic rings. The van der Waals surface area contributed by atoms with Crippen molar-refractivity contribution in [1.29, 1.82) is 0 Å². The summed E-state index contributed by atoms with van der Waals surface area (Å²) in [7, 11) is 0. The van der Waals surface area contributed by atoms with Gasteiger partial charge in [0.2, 0.25) is 0 Å². The molecule has 1 aliphatic heterocycles. The first-order valence-electron chi connectivity index (χ1n) is 16.7. The van der Waals surface area contributed by atoms with Gasteiger partial charge in [0.25, 0.3) is 0 Å². The van der Waals surface area contributed by atoms with Gasteiger partial charge in [-0.25, -0.2) is 0 Å². The number of fused-ring (bicyclic) bond motifs is 5. The SMILES string of the molecule is CC1(C)c2ccccc2-n2c3ccc(-c4ccc(N(C5=CC=CCC5)c5ccccc5)cc4)cc3c3cc(-c4ccccc4)cc1c32. The van der Waals surface area contributed by atoms with Crippen LogP contribution in [0.5, 0.6) is 0 Å². The Labute approximate surface area is 276 Å². The fraction of sp³-hybridized carbons (Fsp3) is 0.111. The van der Waals surface area contributed by atoms with Crippen LogP contribution >= 0.6 is 0 Å². The Hall–Kier alpha value is -5.60. The zero-order valence-electron chi connectivity index (χ0n) is 26.8. The highest BCUT2D eigenvalue weighted by Crippen LogP contribution is 2.49. The molecular formula is C45H36N2. The van der Waals surface area contributed by atoms with Gasteiger partial charge < -0.3 is 9.47 Å². The van der Waals surface area contributed by atoms with Crippen LogP contribution < -0.4 is 4.90 Å². The van der Waals surface area contributed by atoms with E-state index in [1.807, 2.05) is 0 Å². The minimum Gasteiger partial charge on any atom is -0.314 e. The molecule has 0 unspecified atom stereocenters. The zero-order valence-corrected chi connectivity index (χ0v) is 26.8. The van der Waals surface area contributed by atoms with Crippen LogP contribution in [0.3, 0.4) is 0 Å². The van der Waals surface area contributed by atoms with Gasteiger partial charge in [-0.1, -0.05) is 111 Å². The number of hydrogen-bond acceptors (Lipinski definition) is 1. The van der Waals surface area contributed by atoms with Gasteiger partial charge >= 0.3 is 0 Å². The van der Waals surface area contributed by atoms with E-state index >= 15 is 0 Å². The van der Waals surface area contributed by atoms with Gasteiger partial charge in [-0.15, -0.1) is 0 Å². The molecule has 2 aliphatic rings. The van der Waals surface area contributed by atoms with Crippen molar-refractivity contribution >= 4 is 33.2 Å². The average molecular weight is 605 g/mol. The Morgan fingerprint density at radius 2 is 1.23 bits per heavy atom. The van der Waals surface area contributed by atoms with Crippen molar-refractivity contribution < 1.29 is 0 Å². The van der Waals surface area contributed by atoms with Crippen molar-refractivity contribution in [2.75, 3.05) is 4.90 Å². The molecule has 47 heavy (non-hydrogen) atoms. The summed E-state index contributed by atoms with van der Waals surface area (Å²) in [5.41, 5.74) is 15.1. The van der Waals surface area contributed by atoms with Gasteiger partial charge in [-0.05, 0) is 107 Å². The van der Waals surface area contributed by atoms with Crippen LogP contribution in [0.25, 0.3) is 49.7 Å². The highest BCUT2D eigenvalue weighted by molar-refractivity contribution is 6.14. The second kappa shape index (κ2) is 10.7. The van der Waals surface area contributed by atoms with Crippen LogP contribution in [-0.4, -0.2) is 4.57 Å². The Morgan fingerprint density at radius 3 is 2.00 bits per heavy atom. The highest BCUT2D eigenvalue weighted by Gasteiger charge is 2.35. The number of anilines is 2. The lowest BCUT2D eigenvalue weighted by Gasteiger charge is -2.35. The molecule has 2 heterocycles. The van der Waals surface area contributed by atoms with Crippen LogP contribution in [0.15, 0.2) is 163 Å². The molecule has 9 rings (SSSR count). The maximum Gasteiger partial charge on any atom is 0.0582 e. The molecule has 0 N–H and O–H groups in total. The molecule has 0 fully saturated rings. The maximum absolute atomic E-state index is 2.51. The Kier molecular flexibility index (Phi) is 6.33. The van der Waals surface area contributed by atoms with Crippen LogP contribution in [0, 0.1) is 0 Å². The summed E-state index contributed by atoms with van der Waals surface area (Å²) < 4.78 is 2.51. The summed E-state index contributed by atoms with van der Waals surface area (Å²) in [5, 5.41) is 2.60. The second-order valence-corrected chi connectivity index (χ2v) is 13.3. The lowest BCUT2D eigenvalue weighted by molar-refractivity contribution is 0.630. The molecule has 0 saturated heterocycles. The number of hydrogen-bond donors (Lipinski definition) is 0. The normalized spacial score (nSPS) is 14.6. The van der Waals surface area contributed by atoms with Crippen molar-refractivity contribution in [2.45, 2.75) is 32.1 Å². The predicted octanol–water partition coefficient (Wildman–Crippen LogP) is 12.1. The van der Waals surface area contributed by atoms with Crippen molar-refractivity contribution in [3.05, 3.63) is 175 Å². The molecule has 2 nitrogen and oxygen atoms in total. The summed E-state index contributed by atoms with van der Waals surface area (Å²) in [6, 6.07) is 51.4. The largest absolute Gasteiger partial charge is 0.314 e. The van der Waals surface area contributed by atoms with E-state index in [2.05, 4.69) is 181 Å². The summed E-state index contributed by atoms with van der Waals surface area (Å²) >= 11 is 0. The summed E-state index contributed by atoms with van der Waals surface area (Å²) in [6.07, 6.45) is 8.77. The lowest BCUT2D eigenvalue weighted by Crippen LogP contribution is -2.26. The summed E-state index contributed by atoms with van der Waals surface area (Å²) in [5.74, 6) is 0. The molecule has 1 aliphatic carbocycles. The van der Waals surface area contributed by atoms with Gasteiger partial charge in [0.05, 0.1) is 16.7 Å². The molecule has 0 atom stereocenters. The van der Waals surface area contributed by atoms with E-state index in [4.69, 9.17) is 0 Å². The molecular weight excluding hydrogens is 569 g/mol. The number of aromatic nitrogens is 1. The molecule has 0 saturated carbocycles. The maximum atomic E-state index is 2.51. The molecule has 2 heteroatoms. The topological polar surface area (TPSA) is 8.17 Å². The number of rotatable bonds is 5. The number of allylic oxidation sites excluding steroid dienone is 4. The third-order valence-corrected chi connectivity index (χ3v) is 10.2. The Balaban J connectivity index is 1.22. The van der Waals surface area contributed by atoms with Crippen molar-refractivity contribution in [2.24, 2.45) is 0 Å². The van der Waals surface area contributed by atoms with E-state index in [9.17, 15) is 0 Å². The summed E-state index contributed by atoms with van der Waals surface area (Å²) in [4.78, 5) is 2.39. The molecule has 0 bridgehead atoms. The zero-order chi connectivity index (χ0) is 31.5. The monoisotopic (exact) mass is 604 g/mol. The molecule has 6 aromatic carbocycles. The third kappa shape index (κ3) is 4.40. The minimum absolute atomic E-state index is 0.128. The quantitative estimate of drug-likeness (QED) is 0.190. The van der Waals surface area contributed by atoms with E-state index in [1.54, 1.807) is 0 Å². The third-order valence-electron chi connectivity index (χ3n) is 10.2. The van der Waals surface area contributed by atoms with Gasteiger partial charge in [0.15, 0.2) is 0 Å². The van der Waals surface area contributed by atoms with Crippen LogP contribution in [0.2, 0.25) is 0 Å². The van der Waals surface area contributed by atoms with Gasteiger partial charge in [-0.3, -0.25) is 0 Å². The van der Waals surface area contributed by atoms with Crippen molar-refractivity contribution in [1.82, 2.24) is 4.57 Å².